The van der Waals surface area contributed by atoms with Crippen molar-refractivity contribution in [2.45, 2.75) is 5.66 Å². The molecule has 1 aliphatic rings. The van der Waals surface area contributed by atoms with Crippen molar-refractivity contribution in [2.24, 2.45) is 10.8 Å². The van der Waals surface area contributed by atoms with Gasteiger partial charge in [0.15, 0.2) is 11.5 Å². The third kappa shape index (κ3) is 2.66. The molecule has 4 heterocycles. The molecule has 0 aliphatic carbocycles. The number of benzene rings is 2. The van der Waals surface area contributed by atoms with E-state index >= 15 is 0 Å². The van der Waals surface area contributed by atoms with Crippen molar-refractivity contribution >= 4 is 40.0 Å². The molecule has 12 heteroatoms. The van der Waals surface area contributed by atoms with Crippen LogP contribution in [0.5, 0.6) is 0 Å². The molecular formula is C22H16N8O4. The molecule has 0 fully saturated rings. The van der Waals surface area contributed by atoms with Crippen LogP contribution < -0.4 is 11.1 Å². The van der Waals surface area contributed by atoms with E-state index in [1.165, 1.54) is 10.7 Å². The number of imidazole rings is 2. The number of carboxylic acids is 2. The number of anilines is 1. The molecule has 6 N–H and O–H groups in total. The van der Waals surface area contributed by atoms with Crippen molar-refractivity contribution in [1.29, 1.82) is 0 Å². The zero-order valence-corrected chi connectivity index (χ0v) is 17.3. The van der Waals surface area contributed by atoms with Crippen molar-refractivity contribution in [1.82, 2.24) is 24.3 Å². The first kappa shape index (κ1) is 19.7. The van der Waals surface area contributed by atoms with E-state index in [4.69, 9.17) is 5.73 Å². The lowest BCUT2D eigenvalue weighted by Gasteiger charge is -2.26. The van der Waals surface area contributed by atoms with E-state index in [1.54, 1.807) is 29.0 Å². The Morgan fingerprint density at radius 3 is 2.59 bits per heavy atom. The Balaban J connectivity index is 1.56. The first-order valence-corrected chi connectivity index (χ1v) is 10.1. The second-order valence-electron chi connectivity index (χ2n) is 7.79. The molecule has 34 heavy (non-hydrogen) atoms. The SMILES string of the molecule is NC1(Nc2c(C(=O)O)ccc3c2[nH]c2ccnn23)C(C(=O)O)=Nn2cc(-c3ccccc3)nc21. The number of nitrogens with one attached hydrogen (secondary N) is 2. The van der Waals surface area contributed by atoms with Gasteiger partial charge in [0.05, 0.1) is 40.4 Å². The third-order valence-corrected chi connectivity index (χ3v) is 5.75. The fraction of sp³-hybridized carbons (Fsp3) is 0.0455. The summed E-state index contributed by atoms with van der Waals surface area (Å²) in [5.74, 6) is -2.49. The Kier molecular flexibility index (Phi) is 3.92. The van der Waals surface area contributed by atoms with Crippen LogP contribution in [-0.4, -0.2) is 52.1 Å². The van der Waals surface area contributed by atoms with Crippen LogP contribution in [0.15, 0.2) is 66.0 Å². The number of aromatic nitrogens is 5. The lowest BCUT2D eigenvalue weighted by Crippen LogP contribution is -2.53. The molecule has 168 valence electrons. The monoisotopic (exact) mass is 456 g/mol. The summed E-state index contributed by atoms with van der Waals surface area (Å²) in [5.41, 5.74) is 7.18. The van der Waals surface area contributed by atoms with Crippen molar-refractivity contribution in [3.05, 3.63) is 72.3 Å². The van der Waals surface area contributed by atoms with Gasteiger partial charge >= 0.3 is 11.9 Å². The number of carbonyl (C=O) groups is 2. The number of aromatic amines is 1. The highest BCUT2D eigenvalue weighted by atomic mass is 16.4. The molecule has 0 amide bonds. The van der Waals surface area contributed by atoms with Gasteiger partial charge in [-0.25, -0.2) is 23.8 Å². The Bertz CT molecular complexity index is 1660. The summed E-state index contributed by atoms with van der Waals surface area (Å²) >= 11 is 0. The molecule has 5 aromatic rings. The Hall–Kier alpha value is -4.97. The van der Waals surface area contributed by atoms with Gasteiger partial charge in [-0.05, 0) is 12.1 Å². The highest BCUT2D eigenvalue weighted by Gasteiger charge is 2.48. The van der Waals surface area contributed by atoms with E-state index in [-0.39, 0.29) is 17.1 Å². The Morgan fingerprint density at radius 2 is 1.85 bits per heavy atom. The molecule has 6 rings (SSSR count). The number of aromatic carboxylic acids is 1. The lowest BCUT2D eigenvalue weighted by atomic mass is 10.0. The third-order valence-electron chi connectivity index (χ3n) is 5.75. The van der Waals surface area contributed by atoms with E-state index in [0.717, 1.165) is 5.56 Å². The summed E-state index contributed by atoms with van der Waals surface area (Å²) in [4.78, 5) is 31.8. The second-order valence-corrected chi connectivity index (χ2v) is 7.79. The van der Waals surface area contributed by atoms with Crippen LogP contribution in [-0.2, 0) is 10.5 Å². The van der Waals surface area contributed by atoms with Gasteiger partial charge in [-0.3, -0.25) is 5.73 Å². The van der Waals surface area contributed by atoms with Gasteiger partial charge in [0.1, 0.15) is 5.65 Å². The summed E-state index contributed by atoms with van der Waals surface area (Å²) in [6.45, 7) is 0. The number of rotatable bonds is 5. The molecule has 0 saturated heterocycles. The number of hydrogen-bond acceptors (Lipinski definition) is 7. The Morgan fingerprint density at radius 1 is 1.06 bits per heavy atom. The molecule has 2 aromatic carbocycles. The number of hydrogen-bond donors (Lipinski definition) is 5. The summed E-state index contributed by atoms with van der Waals surface area (Å²) in [5, 5.41) is 31.0. The van der Waals surface area contributed by atoms with Gasteiger partial charge < -0.3 is 20.5 Å². The van der Waals surface area contributed by atoms with Gasteiger partial charge in [0, 0.05) is 11.6 Å². The summed E-state index contributed by atoms with van der Waals surface area (Å²) in [6, 6.07) is 14.0. The minimum absolute atomic E-state index is 0.0876. The van der Waals surface area contributed by atoms with Crippen LogP contribution in [0.4, 0.5) is 5.69 Å². The maximum atomic E-state index is 12.1. The maximum Gasteiger partial charge on any atom is 0.356 e. The van der Waals surface area contributed by atoms with Gasteiger partial charge in [-0.1, -0.05) is 30.3 Å². The molecule has 3 aromatic heterocycles. The van der Waals surface area contributed by atoms with Gasteiger partial charge in [0.25, 0.3) is 0 Å². The van der Waals surface area contributed by atoms with Crippen LogP contribution in [0, 0.1) is 0 Å². The fourth-order valence-corrected chi connectivity index (χ4v) is 4.20. The largest absolute Gasteiger partial charge is 0.478 e. The molecule has 12 nitrogen and oxygen atoms in total. The van der Waals surface area contributed by atoms with E-state index in [2.05, 4.69) is 25.5 Å². The van der Waals surface area contributed by atoms with Crippen molar-refractivity contribution in [3.8, 4) is 11.3 Å². The standard InChI is InChI=1S/C22H16N8O4/c23-22(18(20(33)34)28-29-10-13(25-21(22)29)11-4-2-1-3-5-11)27-16-12(19(31)32)6-7-14-17(16)26-15-8-9-24-30(14)15/h1-10,26-27H,23H2,(H,31,32)(H,33,34). The molecule has 0 saturated carbocycles. The van der Waals surface area contributed by atoms with Crippen LogP contribution in [0.2, 0.25) is 0 Å². The Labute approximate surface area is 190 Å². The zero-order valence-electron chi connectivity index (χ0n) is 17.3. The highest BCUT2D eigenvalue weighted by molar-refractivity contribution is 6.40. The van der Waals surface area contributed by atoms with E-state index in [1.807, 2.05) is 30.3 Å². The normalized spacial score (nSPS) is 17.1. The topological polar surface area (TPSA) is 176 Å². The molecule has 1 atom stereocenters. The first-order valence-electron chi connectivity index (χ1n) is 10.1. The predicted molar refractivity (Wildman–Crippen MR) is 122 cm³/mol. The fourth-order valence-electron chi connectivity index (χ4n) is 4.20. The average Bonchev–Trinajstić information content (AvgIpc) is 3.56. The van der Waals surface area contributed by atoms with E-state index in [9.17, 15) is 19.8 Å². The molecule has 1 unspecified atom stereocenters. The molecule has 0 radical (unpaired) electrons. The van der Waals surface area contributed by atoms with Crippen molar-refractivity contribution < 1.29 is 19.8 Å². The first-order chi connectivity index (χ1) is 16.4. The summed E-state index contributed by atoms with van der Waals surface area (Å²) < 4.78 is 2.89. The quantitative estimate of drug-likeness (QED) is 0.249. The maximum absolute atomic E-state index is 12.1. The summed E-state index contributed by atoms with van der Waals surface area (Å²) in [6.07, 6.45) is 3.17. The van der Waals surface area contributed by atoms with Gasteiger partial charge in [-0.15, -0.1) is 0 Å². The molecule has 0 spiro atoms. The second kappa shape index (κ2) is 6.76. The number of nitrogens with two attached hydrogens (primary N) is 1. The smallest absolute Gasteiger partial charge is 0.356 e. The van der Waals surface area contributed by atoms with Crippen molar-refractivity contribution in [3.63, 3.8) is 0 Å². The minimum Gasteiger partial charge on any atom is -0.478 e. The van der Waals surface area contributed by atoms with Gasteiger partial charge in [0.2, 0.25) is 5.66 Å². The highest BCUT2D eigenvalue weighted by Crippen LogP contribution is 2.35. The predicted octanol–water partition coefficient (Wildman–Crippen LogP) is 1.90. The number of nitrogens with zero attached hydrogens (tertiary/aromatic N) is 5. The van der Waals surface area contributed by atoms with E-state index < -0.39 is 23.3 Å². The van der Waals surface area contributed by atoms with Crippen molar-refractivity contribution in [2.75, 3.05) is 5.32 Å². The van der Waals surface area contributed by atoms with Crippen LogP contribution in [0.3, 0.4) is 0 Å². The molecule has 0 bridgehead atoms. The van der Waals surface area contributed by atoms with Crippen LogP contribution in [0.1, 0.15) is 16.2 Å². The number of aliphatic carboxylic acids is 1. The van der Waals surface area contributed by atoms with Crippen LogP contribution in [0.25, 0.3) is 27.9 Å². The van der Waals surface area contributed by atoms with E-state index in [0.29, 0.717) is 22.4 Å². The number of fused-ring (bicyclic) bond motifs is 4. The molecular weight excluding hydrogens is 440 g/mol. The zero-order chi connectivity index (χ0) is 23.6. The average molecular weight is 456 g/mol. The lowest BCUT2D eigenvalue weighted by molar-refractivity contribution is -0.129. The van der Waals surface area contributed by atoms with Crippen LogP contribution >= 0.6 is 0 Å². The van der Waals surface area contributed by atoms with Gasteiger partial charge in [-0.2, -0.15) is 10.2 Å². The number of carboxylic acid groups (broad SMARTS) is 2. The minimum atomic E-state index is -1.93. The summed E-state index contributed by atoms with van der Waals surface area (Å²) in [7, 11) is 0. The number of H-pyrrole nitrogens is 1. The molecule has 1 aliphatic heterocycles.